The fourth-order valence-corrected chi connectivity index (χ4v) is 5.67. The van der Waals surface area contributed by atoms with Gasteiger partial charge in [-0.05, 0) is 78.0 Å². The molecule has 2 aromatic heterocycles. The normalized spacial score (nSPS) is 17.9. The number of carbonyl (C=O) groups excluding carboxylic acids is 3. The molecule has 258 valence electrons. The smallest absolute Gasteiger partial charge is 0.414 e. The molecule has 1 aromatic carbocycles. The second-order valence-corrected chi connectivity index (χ2v) is 14.0. The fraction of sp³-hybridized carbons (Fsp3) is 0.500. The number of aromatic nitrogens is 2. The minimum Gasteiger partial charge on any atom is -0.444 e. The number of hydrogen-bond acceptors (Lipinski definition) is 10. The van der Waals surface area contributed by atoms with Crippen LogP contribution >= 0.6 is 0 Å². The maximum Gasteiger partial charge on any atom is 0.414 e. The first-order valence-electron chi connectivity index (χ1n) is 15.8. The van der Waals surface area contributed by atoms with Crippen LogP contribution < -0.4 is 15.5 Å². The van der Waals surface area contributed by atoms with Gasteiger partial charge in [-0.3, -0.25) is 20.5 Å². The predicted octanol–water partition coefficient (Wildman–Crippen LogP) is 6.33. The highest BCUT2D eigenvalue weighted by atomic mass is 19.1. The Balaban J connectivity index is 1.61. The molecule has 13 nitrogen and oxygen atoms in total. The van der Waals surface area contributed by atoms with E-state index in [1.54, 1.807) is 54.5 Å². The average Bonchev–Trinajstić information content (AvgIpc) is 3.49. The van der Waals surface area contributed by atoms with Crippen molar-refractivity contribution in [3.05, 3.63) is 41.6 Å². The zero-order chi connectivity index (χ0) is 35.0. The number of aliphatic hydroxyl groups is 1. The lowest BCUT2D eigenvalue weighted by molar-refractivity contribution is 0.0563. The number of nitrogens with one attached hydrogen (secondary N) is 2. The molecule has 1 unspecified atom stereocenters. The fourth-order valence-electron chi connectivity index (χ4n) is 5.67. The monoisotopic (exact) mass is 667 g/mol. The van der Waals surface area contributed by atoms with E-state index in [0.717, 1.165) is 0 Å². The zero-order valence-corrected chi connectivity index (χ0v) is 28.2. The Morgan fingerprint density at radius 2 is 1.75 bits per heavy atom. The average molecular weight is 668 g/mol. The largest absolute Gasteiger partial charge is 0.444 e. The van der Waals surface area contributed by atoms with Crippen molar-refractivity contribution >= 4 is 46.2 Å². The van der Waals surface area contributed by atoms with Crippen molar-refractivity contribution in [1.29, 1.82) is 0 Å². The summed E-state index contributed by atoms with van der Waals surface area (Å²) in [6, 6.07) is 3.09. The van der Waals surface area contributed by atoms with Gasteiger partial charge < -0.3 is 24.1 Å². The summed E-state index contributed by atoms with van der Waals surface area (Å²) >= 11 is 0. The van der Waals surface area contributed by atoms with Crippen LogP contribution in [0.15, 0.2) is 24.5 Å². The Kier molecular flexibility index (Phi) is 9.79. The van der Waals surface area contributed by atoms with Crippen LogP contribution in [0.1, 0.15) is 59.2 Å². The summed E-state index contributed by atoms with van der Waals surface area (Å²) in [5, 5.41) is 15.8. The van der Waals surface area contributed by atoms with Crippen LogP contribution in [-0.2, 0) is 25.4 Å². The number of amides is 3. The maximum atomic E-state index is 16.7. The molecule has 1 fully saturated rings. The number of halogens is 1. The molecule has 0 spiro atoms. The summed E-state index contributed by atoms with van der Waals surface area (Å²) in [6.07, 6.45) is 1.24. The van der Waals surface area contributed by atoms with Crippen molar-refractivity contribution in [2.24, 2.45) is 5.92 Å². The van der Waals surface area contributed by atoms with E-state index in [-0.39, 0.29) is 47.6 Å². The lowest BCUT2D eigenvalue weighted by Gasteiger charge is -2.36. The number of ether oxygens (including phenoxy) is 4. The van der Waals surface area contributed by atoms with Gasteiger partial charge in [-0.1, -0.05) is 0 Å². The Labute approximate surface area is 278 Å². The van der Waals surface area contributed by atoms with Gasteiger partial charge in [-0.2, -0.15) is 0 Å². The van der Waals surface area contributed by atoms with Crippen LogP contribution in [0.4, 0.5) is 36.0 Å². The SMILES string of the molecule is Cc1c(-c2cc3cc(NC(=O)O[C@@H]4CCOC4)ncc3c(NC(=O)OC(C)(C)C)c2F)cnc2c1N(C(=O)OC(C)(C)C)CC(CO)C2. The van der Waals surface area contributed by atoms with E-state index in [1.165, 1.54) is 23.4 Å². The van der Waals surface area contributed by atoms with Gasteiger partial charge in [-0.25, -0.2) is 23.8 Å². The molecule has 0 radical (unpaired) electrons. The summed E-state index contributed by atoms with van der Waals surface area (Å²) < 4.78 is 38.4. The highest BCUT2D eigenvalue weighted by molar-refractivity contribution is 6.04. The number of nitrogens with zero attached hydrogens (tertiary/aromatic N) is 3. The van der Waals surface area contributed by atoms with Gasteiger partial charge in [0.1, 0.15) is 23.1 Å². The molecule has 14 heteroatoms. The number of aliphatic hydroxyl groups excluding tert-OH is 1. The van der Waals surface area contributed by atoms with Crippen LogP contribution in [0.2, 0.25) is 0 Å². The third-order valence-electron chi connectivity index (χ3n) is 7.72. The number of carbonyl (C=O) groups is 3. The summed E-state index contributed by atoms with van der Waals surface area (Å²) in [6.45, 7) is 12.9. The molecule has 0 bridgehead atoms. The molecule has 0 saturated carbocycles. The van der Waals surface area contributed by atoms with Gasteiger partial charge in [0.25, 0.3) is 0 Å². The minimum atomic E-state index is -0.879. The Hall–Kier alpha value is -4.56. The first-order valence-corrected chi connectivity index (χ1v) is 15.8. The third kappa shape index (κ3) is 7.93. The van der Waals surface area contributed by atoms with E-state index in [2.05, 4.69) is 20.6 Å². The molecule has 0 aliphatic carbocycles. The van der Waals surface area contributed by atoms with E-state index >= 15 is 4.39 Å². The van der Waals surface area contributed by atoms with Crippen LogP contribution in [-0.4, -0.2) is 77.0 Å². The zero-order valence-electron chi connectivity index (χ0n) is 28.2. The predicted molar refractivity (Wildman–Crippen MR) is 177 cm³/mol. The van der Waals surface area contributed by atoms with Crippen LogP contribution in [0.3, 0.4) is 0 Å². The van der Waals surface area contributed by atoms with E-state index < -0.39 is 35.3 Å². The number of anilines is 3. The number of pyridine rings is 2. The number of benzene rings is 1. The molecule has 2 aliphatic heterocycles. The van der Waals surface area contributed by atoms with Gasteiger partial charge in [0.15, 0.2) is 5.82 Å². The number of rotatable bonds is 5. The lowest BCUT2D eigenvalue weighted by atomic mass is 9.91. The lowest BCUT2D eigenvalue weighted by Crippen LogP contribution is -2.44. The van der Waals surface area contributed by atoms with E-state index in [1.807, 2.05) is 0 Å². The second-order valence-electron chi connectivity index (χ2n) is 14.0. The molecule has 48 heavy (non-hydrogen) atoms. The van der Waals surface area contributed by atoms with Crippen LogP contribution in [0, 0.1) is 18.7 Å². The Morgan fingerprint density at radius 3 is 2.40 bits per heavy atom. The molecule has 4 heterocycles. The van der Waals surface area contributed by atoms with Crippen molar-refractivity contribution in [3.63, 3.8) is 0 Å². The topological polar surface area (TPSA) is 161 Å². The van der Waals surface area contributed by atoms with Crippen molar-refractivity contribution < 1.29 is 42.8 Å². The number of fused-ring (bicyclic) bond motifs is 2. The van der Waals surface area contributed by atoms with Crippen molar-refractivity contribution in [3.8, 4) is 11.1 Å². The van der Waals surface area contributed by atoms with Gasteiger partial charge in [0, 0.05) is 54.4 Å². The van der Waals surface area contributed by atoms with Gasteiger partial charge in [-0.15, -0.1) is 0 Å². The van der Waals surface area contributed by atoms with Crippen molar-refractivity contribution in [2.75, 3.05) is 41.9 Å². The first kappa shape index (κ1) is 34.8. The second kappa shape index (κ2) is 13.5. The minimum absolute atomic E-state index is 0.0672. The quantitative estimate of drug-likeness (QED) is 0.262. The van der Waals surface area contributed by atoms with Gasteiger partial charge in [0.2, 0.25) is 0 Å². The molecule has 5 rings (SSSR count). The summed E-state index contributed by atoms with van der Waals surface area (Å²) in [4.78, 5) is 49.2. The highest BCUT2D eigenvalue weighted by Gasteiger charge is 2.35. The van der Waals surface area contributed by atoms with Crippen LogP contribution in [0.5, 0.6) is 0 Å². The standard InChI is InChI=1S/C34H42FN5O8/c1-18-23(13-36-25-10-19(16-41)15-40(29(18)25)32(44)48-34(5,6)7)22-11-20-12-26(38-30(42)46-21-8-9-45-17-21)37-14-24(20)28(27(22)35)39-31(43)47-33(2,3)4/h11-14,19,21,41H,8-10,15-17H2,1-7H3,(H,39,43)(H,37,38,42)/t19?,21-/m1/s1. The van der Waals surface area contributed by atoms with Crippen molar-refractivity contribution in [1.82, 2.24) is 9.97 Å². The van der Waals surface area contributed by atoms with Crippen molar-refractivity contribution in [2.45, 2.75) is 78.6 Å². The summed E-state index contributed by atoms with van der Waals surface area (Å²) in [7, 11) is 0. The molecular weight excluding hydrogens is 625 g/mol. The third-order valence-corrected chi connectivity index (χ3v) is 7.72. The molecule has 3 N–H and O–H groups in total. The summed E-state index contributed by atoms with van der Waals surface area (Å²) in [5.41, 5.74) is 0.143. The van der Waals surface area contributed by atoms with Gasteiger partial charge in [0.05, 0.1) is 30.3 Å². The molecule has 3 aromatic rings. The molecule has 2 aliphatic rings. The van der Waals surface area contributed by atoms with E-state index in [0.29, 0.717) is 53.9 Å². The highest BCUT2D eigenvalue weighted by Crippen LogP contribution is 2.42. The first-order chi connectivity index (χ1) is 22.5. The number of hydrogen-bond donors (Lipinski definition) is 3. The van der Waals surface area contributed by atoms with E-state index in [9.17, 15) is 19.5 Å². The van der Waals surface area contributed by atoms with Crippen LogP contribution in [0.25, 0.3) is 21.9 Å². The molecule has 2 atom stereocenters. The summed E-state index contributed by atoms with van der Waals surface area (Å²) in [5.74, 6) is -0.913. The molecular formula is C34H42FN5O8. The van der Waals surface area contributed by atoms with E-state index in [4.69, 9.17) is 18.9 Å². The molecule has 1 saturated heterocycles. The molecule has 3 amide bonds. The Bertz CT molecular complexity index is 1730. The van der Waals surface area contributed by atoms with Gasteiger partial charge >= 0.3 is 18.3 Å². The Morgan fingerprint density at radius 1 is 1.02 bits per heavy atom. The maximum absolute atomic E-state index is 16.7.